The third-order valence-corrected chi connectivity index (χ3v) is 5.84. The van der Waals surface area contributed by atoms with Gasteiger partial charge in [-0.1, -0.05) is 60.4 Å². The van der Waals surface area contributed by atoms with Crippen molar-refractivity contribution in [3.8, 4) is 0 Å². The lowest BCUT2D eigenvalue weighted by molar-refractivity contribution is 0.155. The summed E-state index contributed by atoms with van der Waals surface area (Å²) < 4.78 is 2.62. The standard InChI is InChI=1S/C17H35NS/c1-13(2)19-18-10-8-9-16(12-18)14(3)11-15(4)17(5,6)7/h13-16H,8-12H2,1-7H3. The molecule has 1 aliphatic rings. The first-order valence-corrected chi connectivity index (χ1v) is 8.95. The molecule has 19 heavy (non-hydrogen) atoms. The van der Waals surface area contributed by atoms with Crippen LogP contribution in [-0.2, 0) is 0 Å². The fourth-order valence-corrected chi connectivity index (χ4v) is 4.04. The van der Waals surface area contributed by atoms with Crippen LogP contribution in [0.5, 0.6) is 0 Å². The van der Waals surface area contributed by atoms with E-state index in [1.165, 1.54) is 32.4 Å². The Morgan fingerprint density at radius 2 is 1.79 bits per heavy atom. The quantitative estimate of drug-likeness (QED) is 0.617. The van der Waals surface area contributed by atoms with E-state index in [1.54, 1.807) is 0 Å². The van der Waals surface area contributed by atoms with Gasteiger partial charge in [0.15, 0.2) is 0 Å². The topological polar surface area (TPSA) is 3.24 Å². The Labute approximate surface area is 126 Å². The zero-order valence-electron chi connectivity index (χ0n) is 14.2. The van der Waals surface area contributed by atoms with E-state index in [0.29, 0.717) is 5.41 Å². The Hall–Kier alpha value is 0.310. The number of hydrogen-bond donors (Lipinski definition) is 0. The average Bonchev–Trinajstić information content (AvgIpc) is 2.27. The van der Waals surface area contributed by atoms with Crippen LogP contribution in [0.4, 0.5) is 0 Å². The largest absolute Gasteiger partial charge is 0.250 e. The van der Waals surface area contributed by atoms with Gasteiger partial charge in [0.1, 0.15) is 0 Å². The molecule has 0 aromatic rings. The van der Waals surface area contributed by atoms with Crippen molar-refractivity contribution in [3.63, 3.8) is 0 Å². The van der Waals surface area contributed by atoms with Crippen LogP contribution in [0, 0.1) is 23.2 Å². The van der Waals surface area contributed by atoms with E-state index < -0.39 is 0 Å². The third-order valence-electron chi connectivity index (χ3n) is 4.79. The normalized spacial score (nSPS) is 25.6. The van der Waals surface area contributed by atoms with Crippen molar-refractivity contribution in [3.05, 3.63) is 0 Å². The van der Waals surface area contributed by atoms with Crippen molar-refractivity contribution < 1.29 is 0 Å². The van der Waals surface area contributed by atoms with Crippen molar-refractivity contribution in [1.29, 1.82) is 0 Å². The Kier molecular flexibility index (Phi) is 6.72. The van der Waals surface area contributed by atoms with Crippen molar-refractivity contribution in [2.24, 2.45) is 23.2 Å². The molecule has 0 amide bonds. The van der Waals surface area contributed by atoms with Gasteiger partial charge in [0, 0.05) is 18.3 Å². The molecule has 1 saturated heterocycles. The second-order valence-corrected chi connectivity index (χ2v) is 9.59. The lowest BCUT2D eigenvalue weighted by Crippen LogP contribution is -2.35. The molecule has 0 aromatic heterocycles. The molecule has 1 heterocycles. The smallest absolute Gasteiger partial charge is 0.0138 e. The molecule has 0 spiro atoms. The molecule has 1 aliphatic heterocycles. The van der Waals surface area contributed by atoms with Gasteiger partial charge >= 0.3 is 0 Å². The Bertz CT molecular complexity index is 256. The van der Waals surface area contributed by atoms with E-state index in [-0.39, 0.29) is 0 Å². The molecule has 1 rings (SSSR count). The van der Waals surface area contributed by atoms with Gasteiger partial charge in [0.25, 0.3) is 0 Å². The molecule has 1 nitrogen and oxygen atoms in total. The number of hydrogen-bond acceptors (Lipinski definition) is 2. The van der Waals surface area contributed by atoms with Gasteiger partial charge in [-0.15, -0.1) is 0 Å². The van der Waals surface area contributed by atoms with Crippen molar-refractivity contribution in [2.45, 2.75) is 73.0 Å². The second kappa shape index (κ2) is 7.36. The average molecular weight is 286 g/mol. The van der Waals surface area contributed by atoms with E-state index in [0.717, 1.165) is 23.0 Å². The van der Waals surface area contributed by atoms with Gasteiger partial charge in [-0.3, -0.25) is 4.31 Å². The minimum atomic E-state index is 0.454. The lowest BCUT2D eigenvalue weighted by Gasteiger charge is -2.38. The highest BCUT2D eigenvalue weighted by atomic mass is 32.2. The van der Waals surface area contributed by atoms with Gasteiger partial charge < -0.3 is 0 Å². The molecule has 3 atom stereocenters. The van der Waals surface area contributed by atoms with Crippen LogP contribution < -0.4 is 0 Å². The summed E-state index contributed by atoms with van der Waals surface area (Å²) in [6.07, 6.45) is 4.21. The minimum Gasteiger partial charge on any atom is -0.250 e. The summed E-state index contributed by atoms with van der Waals surface area (Å²) >= 11 is 2.05. The molecule has 0 aromatic carbocycles. The summed E-state index contributed by atoms with van der Waals surface area (Å²) in [6.45, 7) is 19.3. The molecule has 0 saturated carbocycles. The maximum atomic E-state index is 2.62. The first kappa shape index (κ1) is 17.4. The molecule has 3 unspecified atom stereocenters. The second-order valence-electron chi connectivity index (χ2n) is 7.92. The highest BCUT2D eigenvalue weighted by Gasteiger charge is 2.29. The van der Waals surface area contributed by atoms with Gasteiger partial charge in [0.05, 0.1) is 0 Å². The van der Waals surface area contributed by atoms with Crippen LogP contribution in [-0.4, -0.2) is 22.6 Å². The van der Waals surface area contributed by atoms with Crippen LogP contribution in [0.1, 0.15) is 67.7 Å². The maximum absolute atomic E-state index is 2.62. The van der Waals surface area contributed by atoms with Crippen LogP contribution in [0.15, 0.2) is 0 Å². The predicted molar refractivity (Wildman–Crippen MR) is 89.4 cm³/mol. The highest BCUT2D eigenvalue weighted by Crippen LogP contribution is 2.36. The molecule has 0 N–H and O–H groups in total. The minimum absolute atomic E-state index is 0.454. The lowest BCUT2D eigenvalue weighted by atomic mass is 9.73. The molecule has 0 radical (unpaired) electrons. The Balaban J connectivity index is 2.45. The molecule has 114 valence electrons. The zero-order chi connectivity index (χ0) is 14.6. The fourth-order valence-electron chi connectivity index (χ4n) is 2.94. The van der Waals surface area contributed by atoms with Crippen LogP contribution in [0.2, 0.25) is 0 Å². The summed E-state index contributed by atoms with van der Waals surface area (Å²) in [5, 5.41) is 0.725. The molecule has 1 fully saturated rings. The van der Waals surface area contributed by atoms with E-state index in [2.05, 4.69) is 64.7 Å². The highest BCUT2D eigenvalue weighted by molar-refractivity contribution is 7.97. The Morgan fingerprint density at radius 1 is 1.16 bits per heavy atom. The van der Waals surface area contributed by atoms with Crippen LogP contribution in [0.25, 0.3) is 0 Å². The first-order valence-electron chi connectivity index (χ1n) is 8.12. The summed E-state index contributed by atoms with van der Waals surface area (Å²) in [5.41, 5.74) is 0.454. The number of piperidine rings is 1. The fraction of sp³-hybridized carbons (Fsp3) is 1.00. The summed E-state index contributed by atoms with van der Waals surface area (Å²) in [4.78, 5) is 0. The molecular weight excluding hydrogens is 250 g/mol. The molecule has 0 bridgehead atoms. The third kappa shape index (κ3) is 6.08. The summed E-state index contributed by atoms with van der Waals surface area (Å²) in [6, 6.07) is 0. The van der Waals surface area contributed by atoms with E-state index in [1.807, 2.05) is 0 Å². The van der Waals surface area contributed by atoms with E-state index >= 15 is 0 Å². The van der Waals surface area contributed by atoms with Gasteiger partial charge in [0.2, 0.25) is 0 Å². The number of nitrogens with zero attached hydrogens (tertiary/aromatic N) is 1. The van der Waals surface area contributed by atoms with Crippen LogP contribution in [0.3, 0.4) is 0 Å². The number of rotatable bonds is 5. The molecular formula is C17H35NS. The van der Waals surface area contributed by atoms with Gasteiger partial charge in [-0.05, 0) is 42.4 Å². The van der Waals surface area contributed by atoms with E-state index in [4.69, 9.17) is 0 Å². The van der Waals surface area contributed by atoms with Crippen LogP contribution >= 0.6 is 11.9 Å². The SMILES string of the molecule is CC(C)SN1CCCC(C(C)CC(C)C(C)(C)C)C1. The monoisotopic (exact) mass is 285 g/mol. The predicted octanol–water partition coefficient (Wildman–Crippen LogP) is 5.46. The molecule has 2 heteroatoms. The van der Waals surface area contributed by atoms with Gasteiger partial charge in [-0.25, -0.2) is 0 Å². The van der Waals surface area contributed by atoms with Crippen molar-refractivity contribution >= 4 is 11.9 Å². The Morgan fingerprint density at radius 3 is 2.32 bits per heavy atom. The summed E-state index contributed by atoms with van der Waals surface area (Å²) in [7, 11) is 0. The van der Waals surface area contributed by atoms with Crippen molar-refractivity contribution in [2.75, 3.05) is 13.1 Å². The van der Waals surface area contributed by atoms with Gasteiger partial charge in [-0.2, -0.15) is 0 Å². The maximum Gasteiger partial charge on any atom is 0.0138 e. The van der Waals surface area contributed by atoms with Crippen molar-refractivity contribution in [1.82, 2.24) is 4.31 Å². The first-order chi connectivity index (χ1) is 8.70. The molecule has 0 aliphatic carbocycles. The summed E-state index contributed by atoms with van der Waals surface area (Å²) in [5.74, 6) is 2.59. The zero-order valence-corrected chi connectivity index (χ0v) is 15.0. The van der Waals surface area contributed by atoms with E-state index in [9.17, 15) is 0 Å².